The van der Waals surface area contributed by atoms with E-state index in [0.29, 0.717) is 24.9 Å². The van der Waals surface area contributed by atoms with Crippen LogP contribution in [0.2, 0.25) is 0 Å². The van der Waals surface area contributed by atoms with Crippen LogP contribution in [-0.4, -0.2) is 29.0 Å². The zero-order valence-corrected chi connectivity index (χ0v) is 14.7. The Labute approximate surface area is 154 Å². The monoisotopic (exact) mass is 375 g/mol. The molecule has 0 bridgehead atoms. The molecule has 1 fully saturated rings. The Hall–Kier alpha value is -3.03. The quantitative estimate of drug-likeness (QED) is 0.859. The van der Waals surface area contributed by atoms with Gasteiger partial charge in [-0.15, -0.1) is 0 Å². The summed E-state index contributed by atoms with van der Waals surface area (Å²) in [5, 5.41) is 5.49. The van der Waals surface area contributed by atoms with Gasteiger partial charge in [-0.25, -0.2) is 8.78 Å². The Morgan fingerprint density at radius 1 is 1.22 bits per heavy atom. The van der Waals surface area contributed by atoms with Gasteiger partial charge in [0.25, 0.3) is 11.5 Å². The molecule has 3 rings (SSSR count). The number of aryl methyl sites for hydroxylation is 1. The van der Waals surface area contributed by atoms with E-state index in [4.69, 9.17) is 0 Å². The minimum Gasteiger partial charge on any atom is -0.356 e. The van der Waals surface area contributed by atoms with Crippen LogP contribution < -0.4 is 16.2 Å². The van der Waals surface area contributed by atoms with Crippen LogP contribution in [0.1, 0.15) is 35.2 Å². The van der Waals surface area contributed by atoms with Gasteiger partial charge in [-0.3, -0.25) is 19.0 Å². The van der Waals surface area contributed by atoms with Gasteiger partial charge >= 0.3 is 0 Å². The summed E-state index contributed by atoms with van der Waals surface area (Å²) in [6, 6.07) is 4.02. The van der Waals surface area contributed by atoms with Gasteiger partial charge in [0, 0.05) is 31.3 Å². The number of carbonyl (C=O) groups is 2. The molecule has 1 unspecified atom stereocenters. The van der Waals surface area contributed by atoms with E-state index in [1.54, 1.807) is 6.92 Å². The van der Waals surface area contributed by atoms with E-state index in [2.05, 4.69) is 10.6 Å². The second kappa shape index (κ2) is 7.69. The molecule has 0 spiro atoms. The fraction of sp³-hybridized carbons (Fsp3) is 0.316. The lowest BCUT2D eigenvalue weighted by Gasteiger charge is -2.17. The predicted molar refractivity (Wildman–Crippen MR) is 94.8 cm³/mol. The van der Waals surface area contributed by atoms with Crippen LogP contribution in [0.25, 0.3) is 5.69 Å². The first-order chi connectivity index (χ1) is 12.9. The van der Waals surface area contributed by atoms with Gasteiger partial charge in [-0.05, 0) is 43.5 Å². The average molecular weight is 375 g/mol. The number of benzene rings is 1. The molecule has 2 amide bonds. The number of rotatable bonds is 3. The Morgan fingerprint density at radius 2 is 2.00 bits per heavy atom. The summed E-state index contributed by atoms with van der Waals surface area (Å²) in [6.45, 7) is 2.04. The van der Waals surface area contributed by atoms with Crippen LogP contribution in [0, 0.1) is 18.6 Å². The Balaban J connectivity index is 1.93. The van der Waals surface area contributed by atoms with Gasteiger partial charge in [0.05, 0.1) is 5.69 Å². The molecule has 27 heavy (non-hydrogen) atoms. The van der Waals surface area contributed by atoms with E-state index in [1.165, 1.54) is 12.3 Å². The summed E-state index contributed by atoms with van der Waals surface area (Å²) in [6.07, 6.45) is 2.62. The van der Waals surface area contributed by atoms with Crippen LogP contribution in [0.3, 0.4) is 0 Å². The van der Waals surface area contributed by atoms with Crippen molar-refractivity contribution in [3.05, 3.63) is 63.6 Å². The lowest BCUT2D eigenvalue weighted by molar-refractivity contribution is -0.120. The average Bonchev–Trinajstić information content (AvgIpc) is 2.82. The molecule has 1 saturated heterocycles. The van der Waals surface area contributed by atoms with Crippen molar-refractivity contribution >= 4 is 11.8 Å². The maximum absolute atomic E-state index is 14.1. The molecular weight excluding hydrogens is 356 g/mol. The highest BCUT2D eigenvalue weighted by Gasteiger charge is 2.22. The molecule has 1 atom stereocenters. The molecule has 8 heteroatoms. The number of aromatic nitrogens is 1. The number of pyridine rings is 1. The number of hydrogen-bond donors (Lipinski definition) is 2. The second-order valence-electron chi connectivity index (χ2n) is 6.49. The Kier molecular flexibility index (Phi) is 5.34. The van der Waals surface area contributed by atoms with Gasteiger partial charge in [-0.1, -0.05) is 0 Å². The van der Waals surface area contributed by atoms with Gasteiger partial charge in [0.1, 0.15) is 17.2 Å². The highest BCUT2D eigenvalue weighted by molar-refractivity contribution is 5.95. The van der Waals surface area contributed by atoms with Crippen molar-refractivity contribution in [2.75, 3.05) is 6.54 Å². The highest BCUT2D eigenvalue weighted by Crippen LogP contribution is 2.15. The van der Waals surface area contributed by atoms with Crippen molar-refractivity contribution in [1.29, 1.82) is 0 Å². The molecule has 1 aromatic heterocycles. The summed E-state index contributed by atoms with van der Waals surface area (Å²) in [5.74, 6) is -2.14. The molecule has 2 heterocycles. The summed E-state index contributed by atoms with van der Waals surface area (Å²) in [7, 11) is 0. The zero-order chi connectivity index (χ0) is 19.6. The van der Waals surface area contributed by atoms with Crippen molar-refractivity contribution < 1.29 is 18.4 Å². The fourth-order valence-corrected chi connectivity index (χ4v) is 3.09. The lowest BCUT2D eigenvalue weighted by Crippen LogP contribution is -2.39. The standard InChI is InChI=1S/C19H19F2N3O3/c1-11-7-9-24(15-10-12(20)2-4-14(15)21)19(27)17(11)18(26)23-13-3-5-16(25)22-8-6-13/h2,4,7,9-10,13H,3,5-6,8H2,1H3,(H,22,25)(H,23,26). The predicted octanol–water partition coefficient (Wildman–Crippen LogP) is 1.82. The summed E-state index contributed by atoms with van der Waals surface area (Å²) < 4.78 is 28.5. The van der Waals surface area contributed by atoms with E-state index in [1.807, 2.05) is 0 Å². The molecule has 1 aromatic carbocycles. The van der Waals surface area contributed by atoms with Gasteiger partial charge in [-0.2, -0.15) is 0 Å². The van der Waals surface area contributed by atoms with Crippen molar-refractivity contribution in [3.8, 4) is 5.69 Å². The molecule has 142 valence electrons. The first-order valence-electron chi connectivity index (χ1n) is 8.62. The smallest absolute Gasteiger partial charge is 0.268 e. The first kappa shape index (κ1) is 18.8. The van der Waals surface area contributed by atoms with E-state index < -0.39 is 23.1 Å². The minimum absolute atomic E-state index is 0.0772. The summed E-state index contributed by atoms with van der Waals surface area (Å²) >= 11 is 0. The molecule has 0 saturated carbocycles. The van der Waals surface area contributed by atoms with E-state index in [-0.39, 0.29) is 29.6 Å². The Morgan fingerprint density at radius 3 is 2.78 bits per heavy atom. The number of carbonyl (C=O) groups excluding carboxylic acids is 2. The van der Waals surface area contributed by atoms with Crippen molar-refractivity contribution in [1.82, 2.24) is 15.2 Å². The molecule has 2 aromatic rings. The van der Waals surface area contributed by atoms with E-state index in [9.17, 15) is 23.2 Å². The number of nitrogens with zero attached hydrogens (tertiary/aromatic N) is 1. The zero-order valence-electron chi connectivity index (χ0n) is 14.7. The van der Waals surface area contributed by atoms with Gasteiger partial charge < -0.3 is 10.6 Å². The molecule has 0 aliphatic carbocycles. The number of nitrogens with one attached hydrogen (secondary N) is 2. The fourth-order valence-electron chi connectivity index (χ4n) is 3.09. The summed E-state index contributed by atoms with van der Waals surface area (Å²) in [5.41, 5.74) is -0.712. The topological polar surface area (TPSA) is 80.2 Å². The number of amides is 2. The van der Waals surface area contributed by atoms with Gasteiger partial charge in [0.2, 0.25) is 5.91 Å². The van der Waals surface area contributed by atoms with Crippen LogP contribution in [0.15, 0.2) is 35.3 Å². The van der Waals surface area contributed by atoms with Crippen LogP contribution >= 0.6 is 0 Å². The molecule has 1 aliphatic heterocycles. The minimum atomic E-state index is -0.776. The third-order valence-corrected chi connectivity index (χ3v) is 4.57. The maximum atomic E-state index is 14.1. The van der Waals surface area contributed by atoms with Crippen LogP contribution in [-0.2, 0) is 4.79 Å². The van der Waals surface area contributed by atoms with Crippen molar-refractivity contribution in [2.24, 2.45) is 0 Å². The first-order valence-corrected chi connectivity index (χ1v) is 8.62. The normalized spacial score (nSPS) is 17.1. The van der Waals surface area contributed by atoms with Crippen LogP contribution in [0.5, 0.6) is 0 Å². The molecular formula is C19H19F2N3O3. The molecule has 6 nitrogen and oxygen atoms in total. The van der Waals surface area contributed by atoms with Crippen molar-refractivity contribution in [2.45, 2.75) is 32.2 Å². The molecule has 2 N–H and O–H groups in total. The third kappa shape index (κ3) is 4.05. The molecule has 1 aliphatic rings. The largest absolute Gasteiger partial charge is 0.356 e. The number of hydrogen-bond acceptors (Lipinski definition) is 3. The van der Waals surface area contributed by atoms with E-state index in [0.717, 1.165) is 22.8 Å². The van der Waals surface area contributed by atoms with Crippen molar-refractivity contribution in [3.63, 3.8) is 0 Å². The lowest BCUT2D eigenvalue weighted by atomic mass is 10.1. The van der Waals surface area contributed by atoms with E-state index >= 15 is 0 Å². The Bertz CT molecular complexity index is 956. The summed E-state index contributed by atoms with van der Waals surface area (Å²) in [4.78, 5) is 36.9. The second-order valence-corrected chi connectivity index (χ2v) is 6.49. The van der Waals surface area contributed by atoms with Gasteiger partial charge in [0.15, 0.2) is 0 Å². The SMILES string of the molecule is Cc1ccn(-c2cc(F)ccc2F)c(=O)c1C(=O)NC1CCNC(=O)CC1. The van der Waals surface area contributed by atoms with Crippen LogP contribution in [0.4, 0.5) is 8.78 Å². The number of halogens is 2. The third-order valence-electron chi connectivity index (χ3n) is 4.57. The highest BCUT2D eigenvalue weighted by atomic mass is 19.1. The maximum Gasteiger partial charge on any atom is 0.268 e. The molecule has 0 radical (unpaired) electrons.